The summed E-state index contributed by atoms with van der Waals surface area (Å²) < 4.78 is 5.66. The summed E-state index contributed by atoms with van der Waals surface area (Å²) in [5, 5.41) is 10.5. The molecule has 1 N–H and O–H groups in total. The molecule has 0 aromatic carbocycles. The van der Waals surface area contributed by atoms with Crippen LogP contribution >= 0.6 is 0 Å². The zero-order valence-corrected chi connectivity index (χ0v) is 15.9. The molecule has 0 radical (unpaired) electrons. The Morgan fingerprint density at radius 2 is 2.04 bits per heavy atom. The lowest BCUT2D eigenvalue weighted by Crippen LogP contribution is -2.42. The predicted molar refractivity (Wildman–Crippen MR) is 97.8 cm³/mol. The fourth-order valence-corrected chi connectivity index (χ4v) is 4.20. The molecule has 0 bridgehead atoms. The molecule has 5 atom stereocenters. The molecule has 138 valence electrons. The Hall–Kier alpha value is -1.68. The van der Waals surface area contributed by atoms with Gasteiger partial charge in [0.1, 0.15) is 12.2 Å². The van der Waals surface area contributed by atoms with Crippen LogP contribution in [0.2, 0.25) is 0 Å². The number of esters is 1. The maximum atomic E-state index is 12.5. The highest BCUT2D eigenvalue weighted by molar-refractivity contribution is 6.02. The van der Waals surface area contributed by atoms with E-state index >= 15 is 0 Å². The fourth-order valence-electron chi connectivity index (χ4n) is 4.20. The van der Waals surface area contributed by atoms with Gasteiger partial charge in [-0.25, -0.2) is 4.79 Å². The molecular weight excluding hydrogens is 316 g/mol. The lowest BCUT2D eigenvalue weighted by atomic mass is 9.65. The van der Waals surface area contributed by atoms with Gasteiger partial charge in [0.15, 0.2) is 5.78 Å². The van der Waals surface area contributed by atoms with Gasteiger partial charge in [-0.15, -0.1) is 0 Å². The SMILES string of the molecule is C=C1[C@@H]2C(O)C(=O)/C(=C\C)[C@H]2[C@H](C(C)C)C[C@H]1OC(=O)/C=C(\C)CC. The van der Waals surface area contributed by atoms with E-state index in [1.807, 2.05) is 26.8 Å². The minimum Gasteiger partial charge on any atom is -0.455 e. The van der Waals surface area contributed by atoms with Crippen LogP contribution in [0.4, 0.5) is 0 Å². The van der Waals surface area contributed by atoms with Crippen molar-refractivity contribution in [2.45, 2.75) is 59.7 Å². The second-order valence-corrected chi connectivity index (χ2v) is 7.59. The van der Waals surface area contributed by atoms with Crippen LogP contribution in [0.25, 0.3) is 0 Å². The van der Waals surface area contributed by atoms with E-state index in [2.05, 4.69) is 20.4 Å². The van der Waals surface area contributed by atoms with Gasteiger partial charge >= 0.3 is 5.97 Å². The van der Waals surface area contributed by atoms with Crippen molar-refractivity contribution in [1.82, 2.24) is 0 Å². The number of allylic oxidation sites excluding steroid dienone is 2. The van der Waals surface area contributed by atoms with Crippen LogP contribution in [-0.4, -0.2) is 29.1 Å². The van der Waals surface area contributed by atoms with Crippen LogP contribution in [0.15, 0.2) is 35.5 Å². The van der Waals surface area contributed by atoms with Gasteiger partial charge in [-0.2, -0.15) is 0 Å². The summed E-state index contributed by atoms with van der Waals surface area (Å²) in [5.41, 5.74) is 2.32. The molecule has 0 aromatic rings. The maximum absolute atomic E-state index is 12.5. The van der Waals surface area contributed by atoms with Crippen molar-refractivity contribution in [3.05, 3.63) is 35.5 Å². The van der Waals surface area contributed by atoms with Crippen LogP contribution in [0.1, 0.15) is 47.5 Å². The van der Waals surface area contributed by atoms with Gasteiger partial charge in [-0.3, -0.25) is 4.79 Å². The molecule has 25 heavy (non-hydrogen) atoms. The Labute approximate surface area is 150 Å². The van der Waals surface area contributed by atoms with E-state index in [4.69, 9.17) is 4.74 Å². The van der Waals surface area contributed by atoms with Crippen molar-refractivity contribution in [2.24, 2.45) is 23.7 Å². The highest BCUT2D eigenvalue weighted by atomic mass is 16.5. The quantitative estimate of drug-likeness (QED) is 0.480. The first-order chi connectivity index (χ1) is 11.7. The second-order valence-electron chi connectivity index (χ2n) is 7.59. The van der Waals surface area contributed by atoms with Gasteiger partial charge in [0.2, 0.25) is 0 Å². The number of carbonyl (C=O) groups is 2. The monoisotopic (exact) mass is 346 g/mol. The molecule has 2 fully saturated rings. The number of Topliss-reactive ketones (excluding diaryl/α,β-unsaturated/α-hetero) is 1. The summed E-state index contributed by atoms with van der Waals surface area (Å²) in [7, 11) is 0. The molecule has 0 saturated heterocycles. The van der Waals surface area contributed by atoms with E-state index < -0.39 is 12.2 Å². The number of aliphatic hydroxyl groups excluding tert-OH is 1. The molecule has 1 unspecified atom stereocenters. The molecular formula is C21H30O4. The van der Waals surface area contributed by atoms with Crippen molar-refractivity contribution in [2.75, 3.05) is 0 Å². The predicted octanol–water partition coefficient (Wildman–Crippen LogP) is 3.61. The molecule has 2 aliphatic rings. The average Bonchev–Trinajstić information content (AvgIpc) is 2.81. The largest absolute Gasteiger partial charge is 0.455 e. The summed E-state index contributed by atoms with van der Waals surface area (Å²) in [6.07, 6.45) is 3.22. The zero-order valence-electron chi connectivity index (χ0n) is 15.9. The van der Waals surface area contributed by atoms with E-state index in [1.165, 1.54) is 6.08 Å². The van der Waals surface area contributed by atoms with E-state index in [9.17, 15) is 14.7 Å². The number of hydrogen-bond donors (Lipinski definition) is 1. The van der Waals surface area contributed by atoms with Crippen LogP contribution in [0.5, 0.6) is 0 Å². The minimum atomic E-state index is -1.08. The topological polar surface area (TPSA) is 63.6 Å². The average molecular weight is 346 g/mol. The number of hydrogen-bond acceptors (Lipinski definition) is 4. The first kappa shape index (κ1) is 19.6. The number of rotatable bonds is 4. The van der Waals surface area contributed by atoms with Crippen molar-refractivity contribution in [1.29, 1.82) is 0 Å². The Morgan fingerprint density at radius 3 is 2.56 bits per heavy atom. The van der Waals surface area contributed by atoms with Crippen molar-refractivity contribution in [3.8, 4) is 0 Å². The van der Waals surface area contributed by atoms with Crippen LogP contribution in [0, 0.1) is 23.7 Å². The summed E-state index contributed by atoms with van der Waals surface area (Å²) >= 11 is 0. The van der Waals surface area contributed by atoms with Gasteiger partial charge in [0.05, 0.1) is 0 Å². The number of ketones is 1. The Kier molecular flexibility index (Phi) is 6.04. The number of ether oxygens (including phenoxy) is 1. The van der Waals surface area contributed by atoms with Gasteiger partial charge < -0.3 is 9.84 Å². The van der Waals surface area contributed by atoms with Crippen molar-refractivity contribution >= 4 is 11.8 Å². The molecule has 2 rings (SSSR count). The van der Waals surface area contributed by atoms with Gasteiger partial charge in [0.25, 0.3) is 0 Å². The summed E-state index contributed by atoms with van der Waals surface area (Å²) in [5.74, 6) is -0.522. The van der Waals surface area contributed by atoms with E-state index in [1.54, 1.807) is 0 Å². The molecule has 4 nitrogen and oxygen atoms in total. The molecule has 0 heterocycles. The zero-order chi connectivity index (χ0) is 18.9. The standard InChI is InChI=1S/C21H30O4/c1-7-12(5)9-17(22)25-16-10-15(11(3)4)19-14(8-2)20(23)21(24)18(19)13(16)6/h8-9,11,15-16,18-19,21,24H,6-7,10H2,1-5H3/b12-9+,14-8-/t15-,16+,18-,19-,21?/m0/s1. The lowest BCUT2D eigenvalue weighted by Gasteiger charge is -2.42. The Balaban J connectivity index is 2.32. The van der Waals surface area contributed by atoms with E-state index in [-0.39, 0.29) is 29.5 Å². The molecule has 0 amide bonds. The summed E-state index contributed by atoms with van der Waals surface area (Å²) in [6, 6.07) is 0. The minimum absolute atomic E-state index is 0.0390. The molecule has 2 aliphatic carbocycles. The van der Waals surface area contributed by atoms with E-state index in [0.29, 0.717) is 23.5 Å². The molecule has 2 saturated carbocycles. The third-order valence-electron chi connectivity index (χ3n) is 5.78. The van der Waals surface area contributed by atoms with E-state index in [0.717, 1.165) is 12.0 Å². The van der Waals surface area contributed by atoms with Crippen molar-refractivity contribution in [3.63, 3.8) is 0 Å². The lowest BCUT2D eigenvalue weighted by molar-refractivity contribution is -0.144. The molecule has 0 aromatic heterocycles. The Morgan fingerprint density at radius 1 is 1.40 bits per heavy atom. The number of fused-ring (bicyclic) bond motifs is 1. The third-order valence-corrected chi connectivity index (χ3v) is 5.78. The fraction of sp³-hybridized carbons (Fsp3) is 0.619. The Bertz CT molecular complexity index is 626. The normalized spacial score (nSPS) is 34.6. The van der Waals surface area contributed by atoms with Gasteiger partial charge in [0, 0.05) is 12.0 Å². The third kappa shape index (κ3) is 3.64. The first-order valence-corrected chi connectivity index (χ1v) is 9.17. The highest BCUT2D eigenvalue weighted by Gasteiger charge is 2.54. The number of carbonyl (C=O) groups excluding carboxylic acids is 2. The second kappa shape index (κ2) is 7.69. The summed E-state index contributed by atoms with van der Waals surface area (Å²) in [4.78, 5) is 24.6. The molecule has 0 spiro atoms. The smallest absolute Gasteiger partial charge is 0.331 e. The molecule has 0 aliphatic heterocycles. The van der Waals surface area contributed by atoms with Crippen LogP contribution in [-0.2, 0) is 14.3 Å². The number of aliphatic hydroxyl groups is 1. The highest BCUT2D eigenvalue weighted by Crippen LogP contribution is 2.52. The maximum Gasteiger partial charge on any atom is 0.331 e. The van der Waals surface area contributed by atoms with Gasteiger partial charge in [-0.05, 0) is 55.6 Å². The first-order valence-electron chi connectivity index (χ1n) is 9.17. The van der Waals surface area contributed by atoms with Crippen LogP contribution < -0.4 is 0 Å². The van der Waals surface area contributed by atoms with Gasteiger partial charge in [-0.1, -0.05) is 39.0 Å². The van der Waals surface area contributed by atoms with Crippen molar-refractivity contribution < 1.29 is 19.4 Å². The van der Waals surface area contributed by atoms with Crippen LogP contribution in [0.3, 0.4) is 0 Å². The summed E-state index contributed by atoms with van der Waals surface area (Å²) in [6.45, 7) is 14.0. The molecule has 4 heteroatoms.